The van der Waals surface area contributed by atoms with Crippen molar-refractivity contribution >= 4 is 40.7 Å². The summed E-state index contributed by atoms with van der Waals surface area (Å²) in [6, 6.07) is 11.7. The van der Waals surface area contributed by atoms with Crippen LogP contribution in [0.1, 0.15) is 20.7 Å². The van der Waals surface area contributed by atoms with Gasteiger partial charge in [0.15, 0.2) is 0 Å². The molecule has 1 aliphatic rings. The number of nitrogens with one attached hydrogen (secondary N) is 1. The maximum absolute atomic E-state index is 12.5. The van der Waals surface area contributed by atoms with Crippen molar-refractivity contribution in [2.45, 2.75) is 0 Å². The second kappa shape index (κ2) is 8.08. The molecule has 0 spiro atoms. The van der Waals surface area contributed by atoms with Crippen LogP contribution in [-0.4, -0.2) is 54.8 Å². The molecule has 2 amide bonds. The van der Waals surface area contributed by atoms with E-state index < -0.39 is 0 Å². The maximum Gasteiger partial charge on any atom is 0.255 e. The van der Waals surface area contributed by atoms with Gasteiger partial charge in [0.1, 0.15) is 0 Å². The Balaban J connectivity index is 1.68. The fraction of sp³-hybridized carbons (Fsp3) is 0.263. The molecule has 1 heterocycles. The summed E-state index contributed by atoms with van der Waals surface area (Å²) in [5.74, 6) is -0.323. The Labute approximate surface area is 162 Å². The van der Waals surface area contributed by atoms with E-state index in [1.165, 1.54) is 0 Å². The lowest BCUT2D eigenvalue weighted by molar-refractivity contribution is 0.0664. The van der Waals surface area contributed by atoms with Gasteiger partial charge in [0.05, 0.1) is 15.7 Å². The lowest BCUT2D eigenvalue weighted by Gasteiger charge is -2.32. The quantitative estimate of drug-likeness (QED) is 0.868. The average Bonchev–Trinajstić information content (AvgIpc) is 2.65. The van der Waals surface area contributed by atoms with Gasteiger partial charge in [0.2, 0.25) is 0 Å². The van der Waals surface area contributed by atoms with E-state index in [4.69, 9.17) is 23.2 Å². The molecule has 0 atom stereocenters. The molecule has 1 saturated heterocycles. The van der Waals surface area contributed by atoms with Crippen LogP contribution in [0.5, 0.6) is 0 Å². The molecule has 2 aromatic rings. The number of rotatable bonds is 3. The number of nitrogens with zero attached hydrogens (tertiary/aromatic N) is 2. The number of anilines is 1. The summed E-state index contributed by atoms with van der Waals surface area (Å²) >= 11 is 12.0. The highest BCUT2D eigenvalue weighted by Gasteiger charge is 2.20. The van der Waals surface area contributed by atoms with Crippen LogP contribution in [0.4, 0.5) is 5.69 Å². The molecular weight excluding hydrogens is 373 g/mol. The first-order chi connectivity index (χ1) is 12.5. The summed E-state index contributed by atoms with van der Waals surface area (Å²) in [7, 11) is 2.04. The van der Waals surface area contributed by atoms with E-state index in [0.29, 0.717) is 39.9 Å². The predicted molar refractivity (Wildman–Crippen MR) is 104 cm³/mol. The van der Waals surface area contributed by atoms with Crippen molar-refractivity contribution in [1.29, 1.82) is 0 Å². The molecule has 0 aromatic heterocycles. The van der Waals surface area contributed by atoms with Gasteiger partial charge in [-0.3, -0.25) is 9.59 Å². The van der Waals surface area contributed by atoms with Crippen molar-refractivity contribution < 1.29 is 9.59 Å². The predicted octanol–water partition coefficient (Wildman–Crippen LogP) is 3.63. The largest absolute Gasteiger partial charge is 0.336 e. The van der Waals surface area contributed by atoms with Crippen LogP contribution in [0.25, 0.3) is 0 Å². The van der Waals surface area contributed by atoms with Crippen LogP contribution in [-0.2, 0) is 0 Å². The van der Waals surface area contributed by atoms with Crippen LogP contribution in [0.2, 0.25) is 10.0 Å². The van der Waals surface area contributed by atoms with Crippen molar-refractivity contribution in [2.24, 2.45) is 0 Å². The number of benzene rings is 2. The molecule has 26 heavy (non-hydrogen) atoms. The third-order valence-corrected chi connectivity index (χ3v) is 5.20. The van der Waals surface area contributed by atoms with Crippen LogP contribution in [0, 0.1) is 0 Å². The molecule has 0 bridgehead atoms. The Bertz CT molecular complexity index is 816. The lowest BCUT2D eigenvalue weighted by Crippen LogP contribution is -2.47. The molecule has 3 rings (SSSR count). The van der Waals surface area contributed by atoms with Crippen LogP contribution in [0.15, 0.2) is 42.5 Å². The minimum atomic E-state index is -0.312. The Morgan fingerprint density at radius 3 is 2.19 bits per heavy atom. The first-order valence-corrected chi connectivity index (χ1v) is 9.04. The number of carbonyl (C=O) groups is 2. The van der Waals surface area contributed by atoms with E-state index in [9.17, 15) is 9.59 Å². The van der Waals surface area contributed by atoms with Gasteiger partial charge in [0.25, 0.3) is 11.8 Å². The molecule has 2 aromatic carbocycles. The zero-order chi connectivity index (χ0) is 18.7. The number of amides is 2. The zero-order valence-corrected chi connectivity index (χ0v) is 15.8. The van der Waals surface area contributed by atoms with Gasteiger partial charge in [-0.1, -0.05) is 29.3 Å². The molecular formula is C19H19Cl2N3O2. The van der Waals surface area contributed by atoms with Crippen LogP contribution >= 0.6 is 23.2 Å². The van der Waals surface area contributed by atoms with E-state index in [1.807, 2.05) is 11.9 Å². The minimum absolute atomic E-state index is 0.0112. The van der Waals surface area contributed by atoms with Gasteiger partial charge in [-0.25, -0.2) is 0 Å². The Morgan fingerprint density at radius 1 is 0.923 bits per heavy atom. The fourth-order valence-corrected chi connectivity index (χ4v) is 3.10. The number of piperazine rings is 1. The first kappa shape index (κ1) is 18.7. The molecule has 5 nitrogen and oxygen atoms in total. The Kier molecular flexibility index (Phi) is 5.81. The van der Waals surface area contributed by atoms with Crippen molar-refractivity contribution in [3.8, 4) is 0 Å². The minimum Gasteiger partial charge on any atom is -0.336 e. The summed E-state index contributed by atoms with van der Waals surface area (Å²) in [5.41, 5.74) is 1.46. The van der Waals surface area contributed by atoms with E-state index in [0.717, 1.165) is 13.1 Å². The highest BCUT2D eigenvalue weighted by Crippen LogP contribution is 2.29. The smallest absolute Gasteiger partial charge is 0.255 e. The van der Waals surface area contributed by atoms with Crippen molar-refractivity contribution in [3.63, 3.8) is 0 Å². The molecule has 0 aliphatic carbocycles. The molecule has 0 saturated carbocycles. The van der Waals surface area contributed by atoms with E-state index in [2.05, 4.69) is 10.2 Å². The summed E-state index contributed by atoms with van der Waals surface area (Å²) < 4.78 is 0. The molecule has 136 valence electrons. The Hall–Kier alpha value is -2.08. The number of halogens is 2. The molecule has 1 fully saturated rings. The van der Waals surface area contributed by atoms with Gasteiger partial charge in [0, 0.05) is 37.3 Å². The summed E-state index contributed by atoms with van der Waals surface area (Å²) in [6.45, 7) is 3.16. The summed E-state index contributed by atoms with van der Waals surface area (Å²) in [6.07, 6.45) is 0. The SMILES string of the molecule is CN1CCN(C(=O)c2ccc(C(=O)Nc3cccc(Cl)c3Cl)cc2)CC1. The highest BCUT2D eigenvalue weighted by molar-refractivity contribution is 6.44. The highest BCUT2D eigenvalue weighted by atomic mass is 35.5. The molecule has 7 heteroatoms. The van der Waals surface area contributed by atoms with E-state index in [1.54, 1.807) is 42.5 Å². The van der Waals surface area contributed by atoms with E-state index in [-0.39, 0.29) is 11.8 Å². The van der Waals surface area contributed by atoms with Gasteiger partial charge >= 0.3 is 0 Å². The standard InChI is InChI=1S/C19H19Cl2N3O2/c1-23-9-11-24(12-10-23)19(26)14-7-5-13(6-8-14)18(25)22-16-4-2-3-15(20)17(16)21/h2-8H,9-12H2,1H3,(H,22,25). The molecule has 1 aliphatic heterocycles. The first-order valence-electron chi connectivity index (χ1n) is 8.29. The van der Waals surface area contributed by atoms with Crippen molar-refractivity contribution in [3.05, 3.63) is 63.6 Å². The normalized spacial score (nSPS) is 15.0. The van der Waals surface area contributed by atoms with Crippen LogP contribution < -0.4 is 5.32 Å². The third kappa shape index (κ3) is 4.18. The molecule has 0 radical (unpaired) electrons. The van der Waals surface area contributed by atoms with Crippen molar-refractivity contribution in [2.75, 3.05) is 38.5 Å². The van der Waals surface area contributed by atoms with Gasteiger partial charge in [-0.2, -0.15) is 0 Å². The average molecular weight is 392 g/mol. The lowest BCUT2D eigenvalue weighted by atomic mass is 10.1. The number of hydrogen-bond acceptors (Lipinski definition) is 3. The monoisotopic (exact) mass is 391 g/mol. The van der Waals surface area contributed by atoms with Crippen molar-refractivity contribution in [1.82, 2.24) is 9.80 Å². The second-order valence-corrected chi connectivity index (χ2v) is 7.01. The number of hydrogen-bond donors (Lipinski definition) is 1. The van der Waals surface area contributed by atoms with Gasteiger partial charge in [-0.15, -0.1) is 0 Å². The van der Waals surface area contributed by atoms with E-state index >= 15 is 0 Å². The summed E-state index contributed by atoms with van der Waals surface area (Å²) in [4.78, 5) is 28.9. The zero-order valence-electron chi connectivity index (χ0n) is 14.3. The second-order valence-electron chi connectivity index (χ2n) is 6.23. The Morgan fingerprint density at radius 2 is 1.54 bits per heavy atom. The van der Waals surface area contributed by atoms with Gasteiger partial charge < -0.3 is 15.1 Å². The fourth-order valence-electron chi connectivity index (χ4n) is 2.75. The number of carbonyl (C=O) groups excluding carboxylic acids is 2. The topological polar surface area (TPSA) is 52.7 Å². The summed E-state index contributed by atoms with van der Waals surface area (Å²) in [5, 5.41) is 3.40. The van der Waals surface area contributed by atoms with Crippen LogP contribution in [0.3, 0.4) is 0 Å². The van der Waals surface area contributed by atoms with Gasteiger partial charge in [-0.05, 0) is 43.4 Å². The molecule has 1 N–H and O–H groups in total. The number of likely N-dealkylation sites (N-methyl/N-ethyl adjacent to an activating group) is 1. The third-order valence-electron chi connectivity index (χ3n) is 4.38. The molecule has 0 unspecified atom stereocenters. The maximum atomic E-state index is 12.5.